The topological polar surface area (TPSA) is 59.2 Å². The molecule has 2 aromatic carbocycles. The normalized spacial score (nSPS) is 17.4. The van der Waals surface area contributed by atoms with Crippen LogP contribution in [0.4, 0.5) is 18.9 Å². The molecule has 0 spiro atoms. The lowest BCUT2D eigenvalue weighted by Gasteiger charge is -2.16. The van der Waals surface area contributed by atoms with Gasteiger partial charge >= 0.3 is 6.18 Å². The van der Waals surface area contributed by atoms with Crippen LogP contribution in [0.1, 0.15) is 29.4 Å². The zero-order valence-electron chi connectivity index (χ0n) is 14.9. The van der Waals surface area contributed by atoms with Crippen LogP contribution in [0.2, 0.25) is 0 Å². The van der Waals surface area contributed by atoms with E-state index in [0.717, 1.165) is 23.4 Å². The Morgan fingerprint density at radius 3 is 2.61 bits per heavy atom. The van der Waals surface area contributed by atoms with Gasteiger partial charge in [-0.05, 0) is 31.2 Å². The lowest BCUT2D eigenvalue weighted by molar-refractivity contribution is -0.137. The van der Waals surface area contributed by atoms with Gasteiger partial charge < -0.3 is 9.42 Å². The number of nitrogens with zero attached hydrogens (tertiary/aromatic N) is 3. The average molecular weight is 387 g/mol. The highest BCUT2D eigenvalue weighted by molar-refractivity contribution is 5.96. The van der Waals surface area contributed by atoms with Crippen molar-refractivity contribution in [2.75, 3.05) is 11.4 Å². The summed E-state index contributed by atoms with van der Waals surface area (Å²) in [4.78, 5) is 18.3. The third-order valence-electron chi connectivity index (χ3n) is 4.71. The van der Waals surface area contributed by atoms with Gasteiger partial charge in [-0.3, -0.25) is 4.79 Å². The van der Waals surface area contributed by atoms with E-state index in [9.17, 15) is 18.0 Å². The maximum absolute atomic E-state index is 12.9. The fraction of sp³-hybridized carbons (Fsp3) is 0.250. The predicted molar refractivity (Wildman–Crippen MR) is 95.6 cm³/mol. The van der Waals surface area contributed by atoms with E-state index in [-0.39, 0.29) is 35.5 Å². The molecule has 2 heterocycles. The van der Waals surface area contributed by atoms with Crippen molar-refractivity contribution in [2.45, 2.75) is 25.4 Å². The standard InChI is InChI=1S/C20H16F3N3O2/c1-12-5-7-16(8-6-12)26-11-14(10-17(26)27)19-24-18(25-28-19)13-3-2-4-15(9-13)20(21,22)23/h2-9,14H,10-11H2,1H3/t14-/m1/s1. The molecule has 1 atom stereocenters. The molecule has 0 radical (unpaired) electrons. The van der Waals surface area contributed by atoms with Crippen molar-refractivity contribution >= 4 is 11.6 Å². The average Bonchev–Trinajstić information content (AvgIpc) is 3.29. The summed E-state index contributed by atoms with van der Waals surface area (Å²) < 4.78 is 44.0. The Balaban J connectivity index is 1.55. The number of carbonyl (C=O) groups is 1. The zero-order chi connectivity index (χ0) is 19.9. The van der Waals surface area contributed by atoms with Crippen molar-refractivity contribution in [1.29, 1.82) is 0 Å². The quantitative estimate of drug-likeness (QED) is 0.660. The first-order chi connectivity index (χ1) is 13.3. The molecule has 0 bridgehead atoms. The number of alkyl halides is 3. The van der Waals surface area contributed by atoms with Gasteiger partial charge in [-0.1, -0.05) is 35.0 Å². The Morgan fingerprint density at radius 2 is 1.89 bits per heavy atom. The van der Waals surface area contributed by atoms with Gasteiger partial charge in [-0.2, -0.15) is 18.2 Å². The number of anilines is 1. The number of rotatable bonds is 3. The van der Waals surface area contributed by atoms with E-state index < -0.39 is 11.7 Å². The van der Waals surface area contributed by atoms with Crippen LogP contribution >= 0.6 is 0 Å². The van der Waals surface area contributed by atoms with E-state index in [1.54, 1.807) is 4.90 Å². The van der Waals surface area contributed by atoms with Gasteiger partial charge in [0.2, 0.25) is 17.6 Å². The molecule has 144 valence electrons. The molecule has 0 saturated carbocycles. The van der Waals surface area contributed by atoms with Gasteiger partial charge in [-0.25, -0.2) is 0 Å². The Kier molecular flexibility index (Phi) is 4.41. The van der Waals surface area contributed by atoms with E-state index in [1.807, 2.05) is 31.2 Å². The summed E-state index contributed by atoms with van der Waals surface area (Å²) in [6.07, 6.45) is -4.24. The lowest BCUT2D eigenvalue weighted by Crippen LogP contribution is -2.24. The smallest absolute Gasteiger partial charge is 0.339 e. The lowest BCUT2D eigenvalue weighted by atomic mass is 10.1. The molecular formula is C20H16F3N3O2. The molecule has 1 saturated heterocycles. The summed E-state index contributed by atoms with van der Waals surface area (Å²) >= 11 is 0. The van der Waals surface area contributed by atoms with E-state index >= 15 is 0 Å². The molecule has 3 aromatic rings. The van der Waals surface area contributed by atoms with E-state index in [2.05, 4.69) is 10.1 Å². The van der Waals surface area contributed by atoms with Gasteiger partial charge in [0.25, 0.3) is 0 Å². The zero-order valence-corrected chi connectivity index (χ0v) is 14.9. The Labute approximate surface area is 158 Å². The number of carbonyl (C=O) groups excluding carboxylic acids is 1. The van der Waals surface area contributed by atoms with Crippen molar-refractivity contribution in [3.05, 3.63) is 65.5 Å². The predicted octanol–water partition coefficient (Wildman–Crippen LogP) is 4.58. The van der Waals surface area contributed by atoms with Gasteiger partial charge in [0.1, 0.15) is 0 Å². The summed E-state index contributed by atoms with van der Waals surface area (Å²) in [7, 11) is 0. The number of benzene rings is 2. The molecule has 0 aliphatic carbocycles. The van der Waals surface area contributed by atoms with Crippen LogP contribution in [0.15, 0.2) is 53.1 Å². The monoisotopic (exact) mass is 387 g/mol. The first-order valence-corrected chi connectivity index (χ1v) is 8.69. The molecule has 5 nitrogen and oxygen atoms in total. The minimum absolute atomic E-state index is 0.0623. The minimum atomic E-state index is -4.45. The first kappa shape index (κ1) is 18.2. The van der Waals surface area contributed by atoms with Crippen LogP contribution in [0.5, 0.6) is 0 Å². The Hall–Kier alpha value is -3.16. The van der Waals surface area contributed by atoms with Gasteiger partial charge in [-0.15, -0.1) is 0 Å². The van der Waals surface area contributed by atoms with E-state index in [0.29, 0.717) is 6.54 Å². The van der Waals surface area contributed by atoms with Gasteiger partial charge in [0, 0.05) is 24.2 Å². The highest BCUT2D eigenvalue weighted by Crippen LogP contribution is 2.34. The third kappa shape index (κ3) is 3.49. The molecule has 0 N–H and O–H groups in total. The molecule has 1 aliphatic heterocycles. The summed E-state index contributed by atoms with van der Waals surface area (Å²) in [6, 6.07) is 12.3. The molecule has 1 aromatic heterocycles. The second-order valence-electron chi connectivity index (χ2n) is 6.78. The largest absolute Gasteiger partial charge is 0.416 e. The van der Waals surface area contributed by atoms with Crippen LogP contribution in [0, 0.1) is 6.92 Å². The Morgan fingerprint density at radius 1 is 1.14 bits per heavy atom. The van der Waals surface area contributed by atoms with Crippen molar-refractivity contribution in [1.82, 2.24) is 10.1 Å². The molecule has 8 heteroatoms. The summed E-state index contributed by atoms with van der Waals surface area (Å²) in [5.41, 5.74) is 1.31. The van der Waals surface area contributed by atoms with E-state index in [4.69, 9.17) is 4.52 Å². The van der Waals surface area contributed by atoms with Crippen LogP contribution in [-0.2, 0) is 11.0 Å². The maximum Gasteiger partial charge on any atom is 0.416 e. The number of halogens is 3. The summed E-state index contributed by atoms with van der Waals surface area (Å²) in [5, 5.41) is 3.81. The minimum Gasteiger partial charge on any atom is -0.339 e. The number of amides is 1. The number of hydrogen-bond donors (Lipinski definition) is 0. The van der Waals surface area contributed by atoms with Gasteiger partial charge in [0.05, 0.1) is 11.5 Å². The van der Waals surface area contributed by atoms with Gasteiger partial charge in [0.15, 0.2) is 0 Å². The van der Waals surface area contributed by atoms with Crippen LogP contribution in [-0.4, -0.2) is 22.6 Å². The fourth-order valence-electron chi connectivity index (χ4n) is 3.20. The summed E-state index contributed by atoms with van der Waals surface area (Å²) in [5.74, 6) is -0.0498. The Bertz CT molecular complexity index is 1010. The molecule has 1 amide bonds. The number of aryl methyl sites for hydroxylation is 1. The number of aromatic nitrogens is 2. The van der Waals surface area contributed by atoms with Crippen molar-refractivity contribution < 1.29 is 22.5 Å². The third-order valence-corrected chi connectivity index (χ3v) is 4.71. The SMILES string of the molecule is Cc1ccc(N2C[C@H](c3nc(-c4cccc(C(F)(F)F)c4)no3)CC2=O)cc1. The van der Waals surface area contributed by atoms with Crippen LogP contribution < -0.4 is 4.90 Å². The number of hydrogen-bond acceptors (Lipinski definition) is 4. The molecule has 0 unspecified atom stereocenters. The second-order valence-corrected chi connectivity index (χ2v) is 6.78. The molecule has 4 rings (SSSR count). The molecule has 28 heavy (non-hydrogen) atoms. The highest BCUT2D eigenvalue weighted by Gasteiger charge is 2.35. The highest BCUT2D eigenvalue weighted by atomic mass is 19.4. The molecule has 1 fully saturated rings. The fourth-order valence-corrected chi connectivity index (χ4v) is 3.20. The summed E-state index contributed by atoms with van der Waals surface area (Å²) in [6.45, 7) is 2.35. The first-order valence-electron chi connectivity index (χ1n) is 8.69. The molecule has 1 aliphatic rings. The van der Waals surface area contributed by atoms with Crippen molar-refractivity contribution in [3.8, 4) is 11.4 Å². The van der Waals surface area contributed by atoms with E-state index in [1.165, 1.54) is 12.1 Å². The molecular weight excluding hydrogens is 371 g/mol. The maximum atomic E-state index is 12.9. The van der Waals surface area contributed by atoms with Crippen molar-refractivity contribution in [2.24, 2.45) is 0 Å². The second kappa shape index (κ2) is 6.78. The van der Waals surface area contributed by atoms with Crippen LogP contribution in [0.25, 0.3) is 11.4 Å². The van der Waals surface area contributed by atoms with Crippen molar-refractivity contribution in [3.63, 3.8) is 0 Å². The van der Waals surface area contributed by atoms with Crippen LogP contribution in [0.3, 0.4) is 0 Å².